The van der Waals surface area contributed by atoms with Crippen LogP contribution in [0, 0.1) is 10.1 Å². The Hall–Kier alpha value is -3.05. The Labute approximate surface area is 176 Å². The Kier molecular flexibility index (Phi) is 7.11. The number of alkyl halides is 3. The predicted octanol–water partition coefficient (Wildman–Crippen LogP) is 5.04. The number of rotatable bonds is 6. The number of halogens is 5. The smallest absolute Gasteiger partial charge is 0.416 e. The lowest BCUT2D eigenvalue weighted by Gasteiger charge is -2.13. The summed E-state index contributed by atoms with van der Waals surface area (Å²) in [5, 5.41) is 10.2. The van der Waals surface area contributed by atoms with E-state index in [2.05, 4.69) is 9.47 Å². The van der Waals surface area contributed by atoms with Crippen molar-refractivity contribution < 1.29 is 41.9 Å². The van der Waals surface area contributed by atoms with Gasteiger partial charge in [0.25, 0.3) is 5.69 Å². The highest BCUT2D eigenvalue weighted by molar-refractivity contribution is 6.37. The number of carbonyl (C=O) groups excluding carboxylic acids is 2. The fraction of sp³-hybridized carbons (Fsp3) is 0.176. The maximum Gasteiger partial charge on any atom is 0.416 e. The number of nitro groups is 1. The monoisotopic (exact) mass is 467 g/mol. The molecule has 0 atom stereocenters. The number of benzene rings is 2. The minimum absolute atomic E-state index is 0.214. The van der Waals surface area contributed by atoms with Crippen LogP contribution in [0.15, 0.2) is 30.3 Å². The van der Waals surface area contributed by atoms with E-state index in [1.807, 2.05) is 0 Å². The summed E-state index contributed by atoms with van der Waals surface area (Å²) in [6, 6.07) is 4.02. The van der Waals surface area contributed by atoms with E-state index in [1.165, 1.54) is 0 Å². The van der Waals surface area contributed by atoms with Gasteiger partial charge in [0, 0.05) is 12.1 Å². The summed E-state index contributed by atoms with van der Waals surface area (Å²) in [7, 11) is 1.05. The Morgan fingerprint density at radius 3 is 2.23 bits per heavy atom. The van der Waals surface area contributed by atoms with Crippen LogP contribution in [-0.4, -0.2) is 30.6 Å². The van der Waals surface area contributed by atoms with E-state index in [1.54, 1.807) is 0 Å². The fourth-order valence-electron chi connectivity index (χ4n) is 2.10. The van der Waals surface area contributed by atoms with Gasteiger partial charge in [0.15, 0.2) is 12.4 Å². The SMILES string of the molecule is COC(=O)COC(=O)c1cc(Oc2c(Cl)cc(C(F)(F)F)cc2Cl)ccc1[N+](=O)[O-]. The molecule has 0 fully saturated rings. The Bertz CT molecular complexity index is 988. The minimum Gasteiger partial charge on any atom is -0.466 e. The highest BCUT2D eigenvalue weighted by atomic mass is 35.5. The summed E-state index contributed by atoms with van der Waals surface area (Å²) in [6.45, 7) is -0.797. The topological polar surface area (TPSA) is 105 Å². The number of hydrogen-bond donors (Lipinski definition) is 0. The lowest BCUT2D eigenvalue weighted by molar-refractivity contribution is -0.385. The largest absolute Gasteiger partial charge is 0.466 e. The zero-order chi connectivity index (χ0) is 22.6. The molecule has 0 amide bonds. The molecule has 2 rings (SSSR count). The van der Waals surface area contributed by atoms with Crippen molar-refractivity contribution in [3.05, 3.63) is 61.6 Å². The molecule has 160 valence electrons. The van der Waals surface area contributed by atoms with Gasteiger partial charge in [-0.15, -0.1) is 0 Å². The van der Waals surface area contributed by atoms with Crippen molar-refractivity contribution in [2.45, 2.75) is 6.18 Å². The van der Waals surface area contributed by atoms with Crippen LogP contribution in [0.25, 0.3) is 0 Å². The van der Waals surface area contributed by atoms with Gasteiger partial charge >= 0.3 is 18.1 Å². The van der Waals surface area contributed by atoms with E-state index in [0.717, 1.165) is 25.3 Å². The van der Waals surface area contributed by atoms with Gasteiger partial charge in [-0.3, -0.25) is 10.1 Å². The minimum atomic E-state index is -4.70. The third kappa shape index (κ3) is 5.51. The van der Waals surface area contributed by atoms with Gasteiger partial charge in [0.1, 0.15) is 11.3 Å². The number of methoxy groups -OCH3 is 1. The van der Waals surface area contributed by atoms with Gasteiger partial charge < -0.3 is 14.2 Å². The second-order valence-corrected chi connectivity index (χ2v) is 6.27. The lowest BCUT2D eigenvalue weighted by Crippen LogP contribution is -2.16. The second-order valence-electron chi connectivity index (χ2n) is 5.46. The molecular weight excluding hydrogens is 458 g/mol. The number of esters is 2. The maximum absolute atomic E-state index is 12.8. The van der Waals surface area contributed by atoms with Crippen LogP contribution in [0.1, 0.15) is 15.9 Å². The van der Waals surface area contributed by atoms with Gasteiger partial charge in [-0.25, -0.2) is 9.59 Å². The van der Waals surface area contributed by atoms with Gasteiger partial charge in [-0.1, -0.05) is 23.2 Å². The zero-order valence-corrected chi connectivity index (χ0v) is 16.3. The van der Waals surface area contributed by atoms with Gasteiger partial charge in [0.05, 0.1) is 27.6 Å². The third-order valence-electron chi connectivity index (χ3n) is 3.48. The molecule has 2 aromatic carbocycles. The molecule has 2 aromatic rings. The molecule has 0 aliphatic heterocycles. The summed E-state index contributed by atoms with van der Waals surface area (Å²) in [5.74, 6) is -2.72. The molecule has 0 radical (unpaired) electrons. The maximum atomic E-state index is 12.8. The predicted molar refractivity (Wildman–Crippen MR) is 96.9 cm³/mol. The summed E-state index contributed by atoms with van der Waals surface area (Å²) in [5.41, 5.74) is -2.36. The number of carbonyl (C=O) groups is 2. The average Bonchev–Trinajstić information content (AvgIpc) is 2.67. The number of hydrogen-bond acceptors (Lipinski definition) is 7. The van der Waals surface area contributed by atoms with Crippen LogP contribution < -0.4 is 4.74 Å². The quantitative estimate of drug-likeness (QED) is 0.332. The van der Waals surface area contributed by atoms with Crippen molar-refractivity contribution in [1.82, 2.24) is 0 Å². The van der Waals surface area contributed by atoms with Crippen molar-refractivity contribution in [1.29, 1.82) is 0 Å². The second kappa shape index (κ2) is 9.18. The van der Waals surface area contributed by atoms with Crippen molar-refractivity contribution in [3.63, 3.8) is 0 Å². The molecule has 30 heavy (non-hydrogen) atoms. The summed E-state index contributed by atoms with van der Waals surface area (Å²) in [4.78, 5) is 33.5. The van der Waals surface area contributed by atoms with Crippen LogP contribution >= 0.6 is 23.2 Å². The Balaban J connectivity index is 2.39. The van der Waals surface area contributed by atoms with Crippen LogP contribution in [0.5, 0.6) is 11.5 Å². The van der Waals surface area contributed by atoms with Crippen LogP contribution in [0.3, 0.4) is 0 Å². The van der Waals surface area contributed by atoms with E-state index in [4.69, 9.17) is 27.9 Å². The fourth-order valence-corrected chi connectivity index (χ4v) is 2.67. The number of nitro benzene ring substituents is 1. The molecule has 0 aromatic heterocycles. The van der Waals surface area contributed by atoms with E-state index in [9.17, 15) is 32.9 Å². The van der Waals surface area contributed by atoms with Crippen molar-refractivity contribution in [2.24, 2.45) is 0 Å². The molecule has 0 saturated carbocycles. The first-order chi connectivity index (χ1) is 13.9. The van der Waals surface area contributed by atoms with Crippen molar-refractivity contribution in [3.8, 4) is 11.5 Å². The molecule has 0 unspecified atom stereocenters. The average molecular weight is 468 g/mol. The first kappa shape index (κ1) is 23.2. The Morgan fingerprint density at radius 1 is 1.13 bits per heavy atom. The van der Waals surface area contributed by atoms with Gasteiger partial charge in [-0.05, 0) is 18.2 Å². The molecule has 0 aliphatic rings. The lowest BCUT2D eigenvalue weighted by atomic mass is 10.1. The van der Waals surface area contributed by atoms with E-state index in [0.29, 0.717) is 12.1 Å². The third-order valence-corrected chi connectivity index (χ3v) is 4.04. The highest BCUT2D eigenvalue weighted by Crippen LogP contribution is 2.42. The number of ether oxygens (including phenoxy) is 3. The summed E-state index contributed by atoms with van der Waals surface area (Å²) >= 11 is 11.6. The number of nitrogens with zero attached hydrogens (tertiary/aromatic N) is 1. The van der Waals surface area contributed by atoms with E-state index >= 15 is 0 Å². The molecule has 0 N–H and O–H groups in total. The van der Waals surface area contributed by atoms with Crippen molar-refractivity contribution in [2.75, 3.05) is 13.7 Å². The van der Waals surface area contributed by atoms with Gasteiger partial charge in [0.2, 0.25) is 0 Å². The standard InChI is InChI=1S/C17H10Cl2F3NO7/c1-28-14(24)7-29-16(25)10-6-9(2-3-13(10)23(26)27)30-15-11(18)4-8(5-12(15)19)17(20,21)22/h2-6H,7H2,1H3. The molecule has 13 heteroatoms. The summed E-state index contributed by atoms with van der Waals surface area (Å²) < 4.78 is 52.7. The highest BCUT2D eigenvalue weighted by Gasteiger charge is 2.32. The zero-order valence-electron chi connectivity index (χ0n) is 14.8. The van der Waals surface area contributed by atoms with E-state index in [-0.39, 0.29) is 11.5 Å². The molecule has 8 nitrogen and oxygen atoms in total. The molecule has 0 aliphatic carbocycles. The molecule has 0 saturated heterocycles. The van der Waals surface area contributed by atoms with E-state index < -0.39 is 56.5 Å². The van der Waals surface area contributed by atoms with Crippen LogP contribution in [0.4, 0.5) is 18.9 Å². The normalized spacial score (nSPS) is 11.0. The van der Waals surface area contributed by atoms with Crippen molar-refractivity contribution >= 4 is 40.8 Å². The molecular formula is C17H10Cl2F3NO7. The first-order valence-electron chi connectivity index (χ1n) is 7.70. The summed E-state index contributed by atoms with van der Waals surface area (Å²) in [6.07, 6.45) is -4.70. The van der Waals surface area contributed by atoms with Gasteiger partial charge in [-0.2, -0.15) is 13.2 Å². The van der Waals surface area contributed by atoms with Crippen LogP contribution in [-0.2, 0) is 20.4 Å². The molecule has 0 bridgehead atoms. The van der Waals surface area contributed by atoms with Crippen LogP contribution in [0.2, 0.25) is 10.0 Å². The molecule has 0 heterocycles. The first-order valence-corrected chi connectivity index (χ1v) is 8.46. The Morgan fingerprint density at radius 2 is 1.73 bits per heavy atom. The molecule has 0 spiro atoms.